The van der Waals surface area contributed by atoms with E-state index in [2.05, 4.69) is 50.0 Å². The lowest BCUT2D eigenvalue weighted by Crippen LogP contribution is -2.10. The Morgan fingerprint density at radius 1 is 1.00 bits per heavy atom. The topological polar surface area (TPSA) is 38.0 Å². The molecule has 102 valence electrons. The summed E-state index contributed by atoms with van der Waals surface area (Å²) >= 11 is 0. The van der Waals surface area contributed by atoms with Crippen LogP contribution in [-0.2, 0) is 5.41 Å². The zero-order valence-electron chi connectivity index (χ0n) is 12.0. The van der Waals surface area contributed by atoms with Crippen LogP contribution in [0.1, 0.15) is 26.3 Å². The predicted octanol–water partition coefficient (Wildman–Crippen LogP) is 4.03. The molecule has 0 unspecified atom stereocenters. The summed E-state index contributed by atoms with van der Waals surface area (Å²) in [7, 11) is 0. The van der Waals surface area contributed by atoms with Gasteiger partial charge in [0.2, 0.25) is 0 Å². The van der Waals surface area contributed by atoms with Gasteiger partial charge < -0.3 is 5.11 Å². The first kappa shape index (κ1) is 12.7. The van der Waals surface area contributed by atoms with Gasteiger partial charge in [0.05, 0.1) is 11.0 Å². The maximum absolute atomic E-state index is 9.49. The number of aromatic nitrogens is 2. The maximum Gasteiger partial charge on any atom is 0.117 e. The summed E-state index contributed by atoms with van der Waals surface area (Å²) in [6, 6.07) is 13.8. The van der Waals surface area contributed by atoms with Crippen molar-refractivity contribution in [2.24, 2.45) is 0 Å². The monoisotopic (exact) mass is 266 g/mol. The molecule has 0 saturated carbocycles. The van der Waals surface area contributed by atoms with Gasteiger partial charge >= 0.3 is 0 Å². The second kappa shape index (κ2) is 4.37. The fourth-order valence-electron chi connectivity index (χ4n) is 2.33. The molecule has 2 aromatic carbocycles. The number of nitrogens with zero attached hydrogens (tertiary/aromatic N) is 2. The quantitative estimate of drug-likeness (QED) is 0.722. The summed E-state index contributed by atoms with van der Waals surface area (Å²) < 4.78 is 2.03. The van der Waals surface area contributed by atoms with E-state index in [1.165, 1.54) is 5.56 Å². The molecule has 0 amide bonds. The van der Waals surface area contributed by atoms with Crippen LogP contribution in [0.3, 0.4) is 0 Å². The van der Waals surface area contributed by atoms with Gasteiger partial charge in [-0.25, -0.2) is 4.98 Å². The van der Waals surface area contributed by atoms with Gasteiger partial charge in [0.15, 0.2) is 0 Å². The zero-order valence-corrected chi connectivity index (χ0v) is 12.0. The minimum Gasteiger partial charge on any atom is -0.508 e. The Kier molecular flexibility index (Phi) is 2.78. The standard InChI is InChI=1S/C17H18N2O/c1-17(2,3)12-4-6-13(7-5-12)19-11-18-15-10-14(20)8-9-16(15)19/h4-11,20H,1-3H3. The molecule has 0 radical (unpaired) electrons. The molecule has 0 atom stereocenters. The van der Waals surface area contributed by atoms with Crippen molar-refractivity contribution in [1.29, 1.82) is 0 Å². The number of imidazole rings is 1. The van der Waals surface area contributed by atoms with Crippen molar-refractivity contribution in [3.05, 3.63) is 54.4 Å². The second-order valence-corrected chi connectivity index (χ2v) is 6.08. The van der Waals surface area contributed by atoms with Crippen LogP contribution < -0.4 is 0 Å². The minimum absolute atomic E-state index is 0.154. The largest absolute Gasteiger partial charge is 0.508 e. The van der Waals surface area contributed by atoms with Crippen molar-refractivity contribution in [3.8, 4) is 11.4 Å². The second-order valence-electron chi connectivity index (χ2n) is 6.08. The average molecular weight is 266 g/mol. The van der Waals surface area contributed by atoms with Crippen molar-refractivity contribution in [1.82, 2.24) is 9.55 Å². The number of phenols is 1. The van der Waals surface area contributed by atoms with Crippen molar-refractivity contribution in [3.63, 3.8) is 0 Å². The van der Waals surface area contributed by atoms with Gasteiger partial charge in [-0.15, -0.1) is 0 Å². The van der Waals surface area contributed by atoms with E-state index in [-0.39, 0.29) is 11.2 Å². The van der Waals surface area contributed by atoms with Crippen LogP contribution in [0.25, 0.3) is 16.7 Å². The van der Waals surface area contributed by atoms with E-state index in [4.69, 9.17) is 0 Å². The molecule has 0 bridgehead atoms. The van der Waals surface area contributed by atoms with Crippen LogP contribution in [0.4, 0.5) is 0 Å². The number of benzene rings is 2. The number of fused-ring (bicyclic) bond motifs is 1. The van der Waals surface area contributed by atoms with Gasteiger partial charge in [0.25, 0.3) is 0 Å². The number of rotatable bonds is 1. The molecule has 0 fully saturated rings. The molecule has 3 aromatic rings. The van der Waals surface area contributed by atoms with Crippen LogP contribution in [-0.4, -0.2) is 14.7 Å². The highest BCUT2D eigenvalue weighted by Gasteiger charge is 2.13. The van der Waals surface area contributed by atoms with E-state index >= 15 is 0 Å². The molecular weight excluding hydrogens is 248 g/mol. The molecule has 0 spiro atoms. The normalized spacial score (nSPS) is 11.9. The summed E-state index contributed by atoms with van der Waals surface area (Å²) in [4.78, 5) is 4.33. The van der Waals surface area contributed by atoms with Crippen molar-refractivity contribution in [2.75, 3.05) is 0 Å². The van der Waals surface area contributed by atoms with Crippen LogP contribution in [0.15, 0.2) is 48.8 Å². The molecule has 0 saturated heterocycles. The van der Waals surface area contributed by atoms with E-state index in [1.807, 2.05) is 10.6 Å². The Morgan fingerprint density at radius 2 is 1.70 bits per heavy atom. The highest BCUT2D eigenvalue weighted by atomic mass is 16.3. The van der Waals surface area contributed by atoms with Gasteiger partial charge in [-0.2, -0.15) is 0 Å². The molecule has 0 aliphatic rings. The molecule has 1 N–H and O–H groups in total. The van der Waals surface area contributed by atoms with E-state index in [0.717, 1.165) is 16.7 Å². The zero-order chi connectivity index (χ0) is 14.3. The molecule has 3 nitrogen and oxygen atoms in total. The first-order chi connectivity index (χ1) is 9.45. The third-order valence-electron chi connectivity index (χ3n) is 3.54. The third kappa shape index (κ3) is 2.16. The summed E-state index contributed by atoms with van der Waals surface area (Å²) in [6.45, 7) is 6.62. The Morgan fingerprint density at radius 3 is 2.35 bits per heavy atom. The Balaban J connectivity index is 2.07. The van der Waals surface area contributed by atoms with E-state index in [9.17, 15) is 5.11 Å². The lowest BCUT2D eigenvalue weighted by atomic mass is 9.87. The maximum atomic E-state index is 9.49. The summed E-state index contributed by atoms with van der Waals surface area (Å²) in [5, 5.41) is 9.49. The number of aromatic hydroxyl groups is 1. The fourth-order valence-corrected chi connectivity index (χ4v) is 2.33. The molecule has 20 heavy (non-hydrogen) atoms. The minimum atomic E-state index is 0.154. The predicted molar refractivity (Wildman–Crippen MR) is 81.4 cm³/mol. The van der Waals surface area contributed by atoms with Crippen LogP contribution in [0.5, 0.6) is 5.75 Å². The first-order valence-electron chi connectivity index (χ1n) is 6.72. The van der Waals surface area contributed by atoms with Gasteiger partial charge in [-0.05, 0) is 35.2 Å². The number of phenolic OH excluding ortho intramolecular Hbond substituents is 1. The van der Waals surface area contributed by atoms with Crippen LogP contribution in [0.2, 0.25) is 0 Å². The summed E-state index contributed by atoms with van der Waals surface area (Å²) in [6.07, 6.45) is 1.79. The average Bonchev–Trinajstić information content (AvgIpc) is 2.80. The number of hydrogen-bond donors (Lipinski definition) is 1. The van der Waals surface area contributed by atoms with Gasteiger partial charge in [0, 0.05) is 11.8 Å². The molecule has 1 heterocycles. The smallest absolute Gasteiger partial charge is 0.117 e. The van der Waals surface area contributed by atoms with E-state index in [1.54, 1.807) is 18.5 Å². The highest BCUT2D eigenvalue weighted by molar-refractivity contribution is 5.78. The van der Waals surface area contributed by atoms with Gasteiger partial charge in [-0.1, -0.05) is 32.9 Å². The molecule has 0 aliphatic heterocycles. The molecule has 1 aromatic heterocycles. The third-order valence-corrected chi connectivity index (χ3v) is 3.54. The highest BCUT2D eigenvalue weighted by Crippen LogP contribution is 2.25. The van der Waals surface area contributed by atoms with E-state index < -0.39 is 0 Å². The Labute approximate surface area is 118 Å². The van der Waals surface area contributed by atoms with Crippen LogP contribution in [0, 0.1) is 0 Å². The molecule has 3 rings (SSSR count). The van der Waals surface area contributed by atoms with Crippen LogP contribution >= 0.6 is 0 Å². The molecule has 3 heteroatoms. The summed E-state index contributed by atoms with van der Waals surface area (Å²) in [5.41, 5.74) is 4.33. The number of hydrogen-bond acceptors (Lipinski definition) is 2. The lowest BCUT2D eigenvalue weighted by molar-refractivity contribution is 0.476. The van der Waals surface area contributed by atoms with E-state index in [0.29, 0.717) is 0 Å². The van der Waals surface area contributed by atoms with Gasteiger partial charge in [0.1, 0.15) is 12.1 Å². The van der Waals surface area contributed by atoms with Crippen molar-refractivity contribution >= 4 is 11.0 Å². The molecule has 0 aliphatic carbocycles. The SMILES string of the molecule is CC(C)(C)c1ccc(-n2cnc3cc(O)ccc32)cc1. The first-order valence-corrected chi connectivity index (χ1v) is 6.72. The Hall–Kier alpha value is -2.29. The Bertz CT molecular complexity index is 749. The fraction of sp³-hybridized carbons (Fsp3) is 0.235. The van der Waals surface area contributed by atoms with Crippen molar-refractivity contribution < 1.29 is 5.11 Å². The van der Waals surface area contributed by atoms with Crippen molar-refractivity contribution in [2.45, 2.75) is 26.2 Å². The van der Waals surface area contributed by atoms with Gasteiger partial charge in [-0.3, -0.25) is 4.57 Å². The molecular formula is C17H18N2O. The summed E-state index contributed by atoms with van der Waals surface area (Å²) in [5.74, 6) is 0.242. The lowest BCUT2D eigenvalue weighted by Gasteiger charge is -2.19.